The van der Waals surface area contributed by atoms with E-state index in [-0.39, 0.29) is 11.9 Å². The second-order valence-corrected chi connectivity index (χ2v) is 6.65. The summed E-state index contributed by atoms with van der Waals surface area (Å²) in [7, 11) is 1.67. The lowest BCUT2D eigenvalue weighted by molar-refractivity contribution is -0.119. The Hall–Kier alpha value is -2.01. The molecule has 0 radical (unpaired) electrons. The summed E-state index contributed by atoms with van der Waals surface area (Å²) in [6.07, 6.45) is 3.63. The summed E-state index contributed by atoms with van der Waals surface area (Å²) < 4.78 is 5.15. The Bertz CT molecular complexity index is 617. The maximum atomic E-state index is 12.0. The number of carbonyl (C=O) groups excluding carboxylic acids is 1. The van der Waals surface area contributed by atoms with E-state index < -0.39 is 0 Å². The number of hydrogen-bond donors (Lipinski definition) is 1. The summed E-state index contributed by atoms with van der Waals surface area (Å²) in [5.74, 6) is 2.17. The zero-order valence-electron chi connectivity index (χ0n) is 14.2. The number of benzene rings is 1. The van der Waals surface area contributed by atoms with Gasteiger partial charge in [0.05, 0.1) is 18.6 Å². The quantitative estimate of drug-likeness (QED) is 0.757. The van der Waals surface area contributed by atoms with Gasteiger partial charge < -0.3 is 10.1 Å². The number of hydrogen-bond acceptors (Lipinski definition) is 4. The molecule has 1 heterocycles. The normalized spacial score (nSPS) is 11.8. The van der Waals surface area contributed by atoms with Crippen molar-refractivity contribution in [3.8, 4) is 5.75 Å². The van der Waals surface area contributed by atoms with Gasteiger partial charge in [0.2, 0.25) is 5.91 Å². The van der Waals surface area contributed by atoms with Gasteiger partial charge in [-0.15, -0.1) is 11.8 Å². The van der Waals surface area contributed by atoms with Gasteiger partial charge in [-0.1, -0.05) is 18.2 Å². The molecule has 0 saturated carbocycles. The van der Waals surface area contributed by atoms with E-state index in [4.69, 9.17) is 4.74 Å². The summed E-state index contributed by atoms with van der Waals surface area (Å²) in [4.78, 5) is 16.2. The van der Waals surface area contributed by atoms with Crippen molar-refractivity contribution in [3.05, 3.63) is 59.9 Å². The van der Waals surface area contributed by atoms with E-state index in [0.717, 1.165) is 30.0 Å². The van der Waals surface area contributed by atoms with Crippen LogP contribution < -0.4 is 10.1 Å². The first kappa shape index (κ1) is 18.3. The number of aromatic nitrogens is 1. The Balaban J connectivity index is 1.63. The van der Waals surface area contributed by atoms with Crippen molar-refractivity contribution in [1.82, 2.24) is 10.3 Å². The Morgan fingerprint density at radius 2 is 2.04 bits per heavy atom. The first-order chi connectivity index (χ1) is 11.7. The molecule has 0 aliphatic carbocycles. The summed E-state index contributed by atoms with van der Waals surface area (Å²) in [5.41, 5.74) is 2.25. The molecule has 1 amide bonds. The highest BCUT2D eigenvalue weighted by Crippen LogP contribution is 2.13. The molecule has 1 aromatic heterocycles. The van der Waals surface area contributed by atoms with Gasteiger partial charge in [-0.05, 0) is 49.6 Å². The molecule has 128 valence electrons. The zero-order chi connectivity index (χ0) is 17.2. The molecule has 0 saturated heterocycles. The Labute approximate surface area is 148 Å². The van der Waals surface area contributed by atoms with Crippen LogP contribution in [0.5, 0.6) is 5.75 Å². The number of rotatable bonds is 9. The van der Waals surface area contributed by atoms with Crippen molar-refractivity contribution in [3.63, 3.8) is 0 Å². The number of amides is 1. The molecule has 0 fully saturated rings. The first-order valence-electron chi connectivity index (χ1n) is 8.07. The van der Waals surface area contributed by atoms with Crippen molar-refractivity contribution in [2.75, 3.05) is 12.9 Å². The predicted octanol–water partition coefficient (Wildman–Crippen LogP) is 3.46. The van der Waals surface area contributed by atoms with Crippen molar-refractivity contribution in [2.24, 2.45) is 0 Å². The largest absolute Gasteiger partial charge is 0.497 e. The molecule has 1 N–H and O–H groups in total. The fourth-order valence-electron chi connectivity index (χ4n) is 2.30. The molecule has 5 heteroatoms. The average Bonchev–Trinajstić information content (AvgIpc) is 2.61. The smallest absolute Gasteiger partial charge is 0.230 e. The minimum atomic E-state index is 0.0816. The molecule has 0 aliphatic rings. The minimum absolute atomic E-state index is 0.0816. The predicted molar refractivity (Wildman–Crippen MR) is 99.3 cm³/mol. The highest BCUT2D eigenvalue weighted by atomic mass is 32.2. The SMILES string of the molecule is COc1ccc(CC[C@@H](C)NC(=O)CSCc2ccccn2)cc1. The summed E-state index contributed by atoms with van der Waals surface area (Å²) in [6.45, 7) is 2.05. The van der Waals surface area contributed by atoms with E-state index in [1.54, 1.807) is 25.1 Å². The van der Waals surface area contributed by atoms with Crippen LogP contribution in [0.15, 0.2) is 48.7 Å². The lowest BCUT2D eigenvalue weighted by Crippen LogP contribution is -2.34. The van der Waals surface area contributed by atoms with Crippen LogP contribution in [-0.2, 0) is 17.0 Å². The first-order valence-corrected chi connectivity index (χ1v) is 9.23. The van der Waals surface area contributed by atoms with E-state index in [1.165, 1.54) is 5.56 Å². The van der Waals surface area contributed by atoms with Gasteiger partial charge in [0.15, 0.2) is 0 Å². The van der Waals surface area contributed by atoms with E-state index in [9.17, 15) is 4.79 Å². The molecule has 0 spiro atoms. The van der Waals surface area contributed by atoms with Crippen LogP contribution in [0.4, 0.5) is 0 Å². The molecule has 1 aromatic carbocycles. The topological polar surface area (TPSA) is 51.2 Å². The van der Waals surface area contributed by atoms with Gasteiger partial charge in [0.25, 0.3) is 0 Å². The summed E-state index contributed by atoms with van der Waals surface area (Å²) >= 11 is 1.59. The molecule has 1 atom stereocenters. The second kappa shape index (κ2) is 9.98. The van der Waals surface area contributed by atoms with Crippen molar-refractivity contribution in [1.29, 1.82) is 0 Å². The average molecular weight is 344 g/mol. The number of pyridine rings is 1. The molecule has 0 aliphatic heterocycles. The molecule has 0 bridgehead atoms. The maximum Gasteiger partial charge on any atom is 0.230 e. The van der Waals surface area contributed by atoms with Crippen LogP contribution >= 0.6 is 11.8 Å². The number of carbonyl (C=O) groups is 1. The van der Waals surface area contributed by atoms with Crippen LogP contribution in [0.25, 0.3) is 0 Å². The van der Waals surface area contributed by atoms with Crippen LogP contribution in [-0.4, -0.2) is 29.8 Å². The lowest BCUT2D eigenvalue weighted by atomic mass is 10.1. The number of thioether (sulfide) groups is 1. The minimum Gasteiger partial charge on any atom is -0.497 e. The standard InChI is InChI=1S/C19H24N2O2S/c1-15(6-7-16-8-10-18(23-2)11-9-16)21-19(22)14-24-13-17-5-3-4-12-20-17/h3-5,8-12,15H,6-7,13-14H2,1-2H3,(H,21,22)/t15-/m1/s1. The molecule has 24 heavy (non-hydrogen) atoms. The van der Waals surface area contributed by atoms with E-state index in [1.807, 2.05) is 37.3 Å². The van der Waals surface area contributed by atoms with Crippen LogP contribution in [0.3, 0.4) is 0 Å². The van der Waals surface area contributed by atoms with Gasteiger partial charge in [0, 0.05) is 18.0 Å². The molecular weight excluding hydrogens is 320 g/mol. The summed E-state index contributed by atoms with van der Waals surface area (Å²) in [5, 5.41) is 3.05. The van der Waals surface area contributed by atoms with Crippen LogP contribution in [0, 0.1) is 0 Å². The van der Waals surface area contributed by atoms with Crippen molar-refractivity contribution in [2.45, 2.75) is 31.6 Å². The molecular formula is C19H24N2O2S. The Morgan fingerprint density at radius 1 is 1.25 bits per heavy atom. The highest BCUT2D eigenvalue weighted by Gasteiger charge is 2.08. The van der Waals surface area contributed by atoms with E-state index >= 15 is 0 Å². The number of nitrogens with one attached hydrogen (secondary N) is 1. The Kier molecular flexibility index (Phi) is 7.62. The van der Waals surface area contributed by atoms with Crippen molar-refractivity contribution >= 4 is 17.7 Å². The molecule has 2 aromatic rings. The number of aryl methyl sites for hydroxylation is 1. The number of nitrogens with zero attached hydrogens (tertiary/aromatic N) is 1. The third-order valence-corrected chi connectivity index (χ3v) is 4.61. The maximum absolute atomic E-state index is 12.0. The second-order valence-electron chi connectivity index (χ2n) is 5.67. The lowest BCUT2D eigenvalue weighted by Gasteiger charge is -2.14. The number of ether oxygens (including phenoxy) is 1. The fourth-order valence-corrected chi connectivity index (χ4v) is 3.05. The van der Waals surface area contributed by atoms with Gasteiger partial charge >= 0.3 is 0 Å². The summed E-state index contributed by atoms with van der Waals surface area (Å²) in [6, 6.07) is 14.1. The fraction of sp³-hybridized carbons (Fsp3) is 0.368. The van der Waals surface area contributed by atoms with E-state index in [0.29, 0.717) is 5.75 Å². The van der Waals surface area contributed by atoms with E-state index in [2.05, 4.69) is 22.4 Å². The van der Waals surface area contributed by atoms with Crippen molar-refractivity contribution < 1.29 is 9.53 Å². The molecule has 4 nitrogen and oxygen atoms in total. The Morgan fingerprint density at radius 3 is 2.71 bits per heavy atom. The van der Waals surface area contributed by atoms with Crippen LogP contribution in [0.2, 0.25) is 0 Å². The third-order valence-electron chi connectivity index (χ3n) is 3.64. The van der Waals surface area contributed by atoms with Gasteiger partial charge in [-0.2, -0.15) is 0 Å². The van der Waals surface area contributed by atoms with Gasteiger partial charge in [-0.3, -0.25) is 9.78 Å². The third kappa shape index (κ3) is 6.62. The van der Waals surface area contributed by atoms with Crippen LogP contribution in [0.1, 0.15) is 24.6 Å². The van der Waals surface area contributed by atoms with Gasteiger partial charge in [-0.25, -0.2) is 0 Å². The highest BCUT2D eigenvalue weighted by molar-refractivity contribution is 7.99. The number of methoxy groups -OCH3 is 1. The monoisotopic (exact) mass is 344 g/mol. The molecule has 2 rings (SSSR count). The molecule has 0 unspecified atom stereocenters. The zero-order valence-corrected chi connectivity index (χ0v) is 15.0. The van der Waals surface area contributed by atoms with Gasteiger partial charge in [0.1, 0.15) is 5.75 Å².